The van der Waals surface area contributed by atoms with Gasteiger partial charge in [-0.3, -0.25) is 9.78 Å². The monoisotopic (exact) mass is 268 g/mol. The number of nitrogens with zero attached hydrogens (tertiary/aromatic N) is 1. The number of fused-ring (bicyclic) bond motifs is 1. The molecule has 0 unspecified atom stereocenters. The molecule has 20 heavy (non-hydrogen) atoms. The molecule has 0 aliphatic heterocycles. The van der Waals surface area contributed by atoms with Gasteiger partial charge in [0, 0.05) is 12.1 Å². The Morgan fingerprint density at radius 2 is 2.25 bits per heavy atom. The molecule has 0 radical (unpaired) electrons. The molecule has 0 saturated carbocycles. The fraction of sp³-hybridized carbons (Fsp3) is 0.250. The molecular weight excluding hydrogens is 252 g/mol. The quantitative estimate of drug-likeness (QED) is 0.928. The zero-order chi connectivity index (χ0) is 14.1. The Kier molecular flexibility index (Phi) is 3.14. The highest BCUT2D eigenvalue weighted by atomic mass is 16.5. The Hall–Kier alpha value is -2.36. The van der Waals surface area contributed by atoms with E-state index >= 15 is 0 Å². The van der Waals surface area contributed by atoms with E-state index < -0.39 is 5.91 Å². The summed E-state index contributed by atoms with van der Waals surface area (Å²) in [4.78, 5) is 16.0. The highest BCUT2D eigenvalue weighted by molar-refractivity contribution is 5.94. The first-order valence-electron chi connectivity index (χ1n) is 6.62. The van der Waals surface area contributed by atoms with E-state index in [0.717, 1.165) is 24.3 Å². The highest BCUT2D eigenvalue weighted by Gasteiger charge is 2.28. The Labute approximate surface area is 117 Å². The van der Waals surface area contributed by atoms with Crippen molar-refractivity contribution in [1.29, 1.82) is 0 Å². The highest BCUT2D eigenvalue weighted by Crippen LogP contribution is 2.39. The van der Waals surface area contributed by atoms with Gasteiger partial charge in [0.15, 0.2) is 0 Å². The SMILES string of the molecule is COc1ccc2c(c1)[C@H](c1ncccc1C(N)=O)CC2. The molecule has 0 spiro atoms. The van der Waals surface area contributed by atoms with E-state index in [1.807, 2.05) is 12.1 Å². The second-order valence-electron chi connectivity index (χ2n) is 4.96. The fourth-order valence-corrected chi connectivity index (χ4v) is 2.89. The predicted molar refractivity (Wildman–Crippen MR) is 75.9 cm³/mol. The van der Waals surface area contributed by atoms with Crippen LogP contribution in [0.25, 0.3) is 0 Å². The number of aryl methyl sites for hydroxylation is 1. The van der Waals surface area contributed by atoms with Crippen LogP contribution in [0, 0.1) is 0 Å². The molecule has 1 amide bonds. The Balaban J connectivity index is 2.09. The maximum Gasteiger partial charge on any atom is 0.250 e. The van der Waals surface area contributed by atoms with Gasteiger partial charge in [-0.25, -0.2) is 0 Å². The number of benzene rings is 1. The molecule has 102 valence electrons. The number of rotatable bonds is 3. The van der Waals surface area contributed by atoms with E-state index in [2.05, 4.69) is 11.1 Å². The van der Waals surface area contributed by atoms with E-state index in [-0.39, 0.29) is 5.92 Å². The molecule has 0 bridgehead atoms. The van der Waals surface area contributed by atoms with E-state index in [1.165, 1.54) is 11.1 Å². The van der Waals surface area contributed by atoms with Crippen LogP contribution in [-0.2, 0) is 6.42 Å². The maximum absolute atomic E-state index is 11.6. The number of amides is 1. The van der Waals surface area contributed by atoms with E-state index in [1.54, 1.807) is 25.4 Å². The van der Waals surface area contributed by atoms with E-state index in [9.17, 15) is 4.79 Å². The summed E-state index contributed by atoms with van der Waals surface area (Å²) in [5.74, 6) is 0.514. The van der Waals surface area contributed by atoms with Gasteiger partial charge in [-0.15, -0.1) is 0 Å². The van der Waals surface area contributed by atoms with Crippen LogP contribution in [0.1, 0.15) is 39.5 Å². The van der Waals surface area contributed by atoms with Crippen LogP contribution in [0.3, 0.4) is 0 Å². The first-order valence-corrected chi connectivity index (χ1v) is 6.62. The number of hydrogen-bond donors (Lipinski definition) is 1. The van der Waals surface area contributed by atoms with Crippen molar-refractivity contribution in [2.45, 2.75) is 18.8 Å². The largest absolute Gasteiger partial charge is 0.497 e. The summed E-state index contributed by atoms with van der Waals surface area (Å²) in [6.45, 7) is 0. The maximum atomic E-state index is 11.6. The molecule has 1 aromatic heterocycles. The van der Waals surface area contributed by atoms with Crippen LogP contribution in [0.4, 0.5) is 0 Å². The second kappa shape index (κ2) is 4.96. The van der Waals surface area contributed by atoms with Gasteiger partial charge in [0.1, 0.15) is 5.75 Å². The number of methoxy groups -OCH3 is 1. The smallest absolute Gasteiger partial charge is 0.250 e. The third-order valence-corrected chi connectivity index (χ3v) is 3.86. The molecule has 2 aromatic rings. The van der Waals surface area contributed by atoms with E-state index in [0.29, 0.717) is 5.56 Å². The molecule has 1 aliphatic carbocycles. The van der Waals surface area contributed by atoms with Crippen LogP contribution in [-0.4, -0.2) is 18.0 Å². The minimum atomic E-state index is -0.426. The number of primary amides is 1. The normalized spacial score (nSPS) is 16.8. The lowest BCUT2D eigenvalue weighted by Crippen LogP contribution is -2.16. The van der Waals surface area contributed by atoms with Crippen molar-refractivity contribution < 1.29 is 9.53 Å². The third kappa shape index (κ3) is 2.03. The average Bonchev–Trinajstić information content (AvgIpc) is 2.89. The number of aromatic nitrogens is 1. The summed E-state index contributed by atoms with van der Waals surface area (Å²) in [5, 5.41) is 0. The summed E-state index contributed by atoms with van der Waals surface area (Å²) in [6.07, 6.45) is 3.64. The number of ether oxygens (including phenoxy) is 1. The van der Waals surface area contributed by atoms with Crippen LogP contribution in [0.2, 0.25) is 0 Å². The molecular formula is C16H16N2O2. The predicted octanol–water partition coefficient (Wildman–Crippen LogP) is 2.27. The van der Waals surface area contributed by atoms with Crippen molar-refractivity contribution >= 4 is 5.91 Å². The van der Waals surface area contributed by atoms with Gasteiger partial charge in [-0.2, -0.15) is 0 Å². The van der Waals surface area contributed by atoms with Crippen molar-refractivity contribution in [3.63, 3.8) is 0 Å². The summed E-state index contributed by atoms with van der Waals surface area (Å²) in [5.41, 5.74) is 9.21. The lowest BCUT2D eigenvalue weighted by molar-refractivity contribution is 0.0998. The van der Waals surface area contributed by atoms with Crippen molar-refractivity contribution in [1.82, 2.24) is 4.98 Å². The summed E-state index contributed by atoms with van der Waals surface area (Å²) in [7, 11) is 1.65. The van der Waals surface area contributed by atoms with Crippen molar-refractivity contribution in [2.75, 3.05) is 7.11 Å². The Bertz CT molecular complexity index is 667. The molecule has 1 atom stereocenters. The summed E-state index contributed by atoms with van der Waals surface area (Å²) >= 11 is 0. The lowest BCUT2D eigenvalue weighted by atomic mass is 9.93. The first-order chi connectivity index (χ1) is 9.70. The molecule has 3 rings (SSSR count). The standard InChI is InChI=1S/C16H16N2O2/c1-20-11-6-4-10-5-7-12(14(10)9-11)15-13(16(17)19)3-2-8-18-15/h2-4,6,8-9,12H,5,7H2,1H3,(H2,17,19)/t12-/m1/s1. The zero-order valence-corrected chi connectivity index (χ0v) is 11.3. The van der Waals surface area contributed by atoms with Crippen LogP contribution in [0.15, 0.2) is 36.5 Å². The molecule has 2 N–H and O–H groups in total. The second-order valence-corrected chi connectivity index (χ2v) is 4.96. The molecule has 0 fully saturated rings. The van der Waals surface area contributed by atoms with Gasteiger partial charge in [0.05, 0.1) is 18.4 Å². The van der Waals surface area contributed by atoms with Crippen molar-refractivity contribution in [3.8, 4) is 5.75 Å². The topological polar surface area (TPSA) is 65.2 Å². The van der Waals surface area contributed by atoms with Gasteiger partial charge in [0.25, 0.3) is 5.91 Å². The lowest BCUT2D eigenvalue weighted by Gasteiger charge is -2.14. The molecule has 1 aromatic carbocycles. The Morgan fingerprint density at radius 3 is 3.00 bits per heavy atom. The zero-order valence-electron chi connectivity index (χ0n) is 11.3. The number of hydrogen-bond acceptors (Lipinski definition) is 3. The molecule has 0 saturated heterocycles. The first kappa shape index (κ1) is 12.7. The van der Waals surface area contributed by atoms with Crippen molar-refractivity contribution in [2.24, 2.45) is 5.73 Å². The number of carbonyl (C=O) groups is 1. The van der Waals surface area contributed by atoms with Gasteiger partial charge >= 0.3 is 0 Å². The third-order valence-electron chi connectivity index (χ3n) is 3.86. The Morgan fingerprint density at radius 1 is 1.40 bits per heavy atom. The molecule has 1 aliphatic rings. The van der Waals surface area contributed by atoms with Crippen molar-refractivity contribution in [3.05, 3.63) is 58.9 Å². The molecule has 4 heteroatoms. The molecule has 1 heterocycles. The minimum absolute atomic E-state index is 0.115. The number of pyridine rings is 1. The van der Waals surface area contributed by atoms with E-state index in [4.69, 9.17) is 10.5 Å². The molecule has 4 nitrogen and oxygen atoms in total. The van der Waals surface area contributed by atoms with Gasteiger partial charge in [0.2, 0.25) is 0 Å². The van der Waals surface area contributed by atoms with Crippen LogP contribution >= 0.6 is 0 Å². The van der Waals surface area contributed by atoms with Crippen LogP contribution in [0.5, 0.6) is 5.75 Å². The summed E-state index contributed by atoms with van der Waals surface area (Å²) < 4.78 is 5.29. The summed E-state index contributed by atoms with van der Waals surface area (Å²) in [6, 6.07) is 9.57. The van der Waals surface area contributed by atoms with Gasteiger partial charge < -0.3 is 10.5 Å². The van der Waals surface area contributed by atoms with Crippen LogP contribution < -0.4 is 10.5 Å². The average molecular weight is 268 g/mol. The van der Waals surface area contributed by atoms with Gasteiger partial charge in [-0.1, -0.05) is 6.07 Å². The van der Waals surface area contributed by atoms with Gasteiger partial charge in [-0.05, 0) is 48.2 Å². The number of carbonyl (C=O) groups excluding carboxylic acids is 1. The fourth-order valence-electron chi connectivity index (χ4n) is 2.89. The minimum Gasteiger partial charge on any atom is -0.497 e. The number of nitrogens with two attached hydrogens (primary N) is 1.